The van der Waals surface area contributed by atoms with Crippen LogP contribution < -0.4 is 4.90 Å². The van der Waals surface area contributed by atoms with Crippen LogP contribution in [-0.2, 0) is 6.42 Å². The van der Waals surface area contributed by atoms with Gasteiger partial charge in [0.05, 0.1) is 0 Å². The number of aliphatic imine (C=N–C) groups is 1. The van der Waals surface area contributed by atoms with Gasteiger partial charge in [0.25, 0.3) is 0 Å². The van der Waals surface area contributed by atoms with Gasteiger partial charge in [0.1, 0.15) is 0 Å². The summed E-state index contributed by atoms with van der Waals surface area (Å²) in [5.74, 6) is 0. The Morgan fingerprint density at radius 1 is 1.29 bits per heavy atom. The van der Waals surface area contributed by atoms with Crippen LogP contribution in [0.1, 0.15) is 18.1 Å². The summed E-state index contributed by atoms with van der Waals surface area (Å²) in [4.78, 5) is 5.80. The van der Waals surface area contributed by atoms with Gasteiger partial charge in [-0.2, -0.15) is 0 Å². The van der Waals surface area contributed by atoms with E-state index in [0.717, 1.165) is 23.2 Å². The van der Waals surface area contributed by atoms with Gasteiger partial charge in [0.15, 0.2) is 0 Å². The van der Waals surface area contributed by atoms with E-state index in [4.69, 9.17) is 5.11 Å². The Bertz CT molecular complexity index is 612. The third-order valence-electron chi connectivity index (χ3n) is 4.26. The predicted molar refractivity (Wildman–Crippen MR) is 91.1 cm³/mol. The molecular formula is C16H23N2O5Se. The van der Waals surface area contributed by atoms with E-state index in [9.17, 15) is 20.4 Å². The molecular weight excluding hydrogens is 379 g/mol. The topological polar surface area (TPSA) is 117 Å². The van der Waals surface area contributed by atoms with Crippen LogP contribution in [0.25, 0.3) is 0 Å². The predicted octanol–water partition coefficient (Wildman–Crippen LogP) is -1.34. The first kappa shape index (κ1) is 19.3. The van der Waals surface area contributed by atoms with E-state index in [2.05, 4.69) is 21.0 Å². The van der Waals surface area contributed by atoms with Crippen LogP contribution in [0.3, 0.4) is 0 Å². The monoisotopic (exact) mass is 403 g/mol. The molecule has 5 N–H and O–H groups in total. The molecule has 24 heavy (non-hydrogen) atoms. The third kappa shape index (κ3) is 3.50. The Morgan fingerprint density at radius 2 is 1.96 bits per heavy atom. The van der Waals surface area contributed by atoms with E-state index >= 15 is 0 Å². The van der Waals surface area contributed by atoms with Gasteiger partial charge in [-0.05, 0) is 0 Å². The van der Waals surface area contributed by atoms with Gasteiger partial charge in [-0.1, -0.05) is 0 Å². The number of hydrogen-bond donors (Lipinski definition) is 5. The third-order valence-corrected chi connectivity index (χ3v) is 4.89. The summed E-state index contributed by atoms with van der Waals surface area (Å²) in [5, 5.41) is 49.2. The van der Waals surface area contributed by atoms with Gasteiger partial charge in [-0.15, -0.1) is 0 Å². The molecule has 0 saturated carbocycles. The molecule has 1 heterocycles. The van der Waals surface area contributed by atoms with Crippen molar-refractivity contribution in [3.05, 3.63) is 29.3 Å². The molecule has 1 unspecified atom stereocenters. The standard InChI is InChI=1S/C16H23N2O5Se/c1-3-9-6-4-5-8(2)12(9)18-15(23)11(17-16(18)24)14(22)13(21)10(20)7-19/h4-6,10-11,13-15,19-23H,3,7H2,1-2H3/t10-,11-,13-,14-,15?/m1/s1. The van der Waals surface area contributed by atoms with E-state index < -0.39 is 37.2 Å². The molecule has 2 rings (SSSR count). The quantitative estimate of drug-likeness (QED) is 0.377. The van der Waals surface area contributed by atoms with E-state index in [1.807, 2.05) is 32.0 Å². The molecule has 0 aromatic heterocycles. The summed E-state index contributed by atoms with van der Waals surface area (Å²) >= 11 is 2.77. The van der Waals surface area contributed by atoms with Gasteiger partial charge >= 0.3 is 149 Å². The molecule has 0 bridgehead atoms. The Hall–Kier alpha value is -0.991. The normalized spacial score (nSPS) is 24.6. The van der Waals surface area contributed by atoms with Crippen LogP contribution in [-0.4, -0.2) is 83.5 Å². The second kappa shape index (κ2) is 7.93. The summed E-state index contributed by atoms with van der Waals surface area (Å²) in [6.07, 6.45) is -5.10. The van der Waals surface area contributed by atoms with Crippen molar-refractivity contribution in [2.75, 3.05) is 11.5 Å². The summed E-state index contributed by atoms with van der Waals surface area (Å²) in [5.41, 5.74) is 2.77. The minimum absolute atomic E-state index is 0.390. The molecule has 0 saturated heterocycles. The zero-order chi connectivity index (χ0) is 18.0. The fraction of sp³-hybridized carbons (Fsp3) is 0.562. The molecule has 5 atom stereocenters. The number of hydrogen-bond acceptors (Lipinski definition) is 7. The first-order valence-electron chi connectivity index (χ1n) is 7.79. The van der Waals surface area contributed by atoms with Crippen LogP contribution in [0.5, 0.6) is 0 Å². The van der Waals surface area contributed by atoms with Crippen molar-refractivity contribution in [1.29, 1.82) is 0 Å². The molecule has 7 nitrogen and oxygen atoms in total. The van der Waals surface area contributed by atoms with Crippen LogP contribution >= 0.6 is 0 Å². The van der Waals surface area contributed by atoms with Crippen LogP contribution in [0.15, 0.2) is 23.2 Å². The number of para-hydroxylation sites is 1. The van der Waals surface area contributed by atoms with E-state index in [-0.39, 0.29) is 0 Å². The first-order chi connectivity index (χ1) is 11.3. The number of aliphatic hydroxyl groups excluding tert-OH is 5. The van der Waals surface area contributed by atoms with Gasteiger partial charge in [0.2, 0.25) is 0 Å². The maximum absolute atomic E-state index is 10.7. The van der Waals surface area contributed by atoms with Crippen LogP contribution in [0.2, 0.25) is 0 Å². The average molecular weight is 402 g/mol. The zero-order valence-corrected chi connectivity index (χ0v) is 15.3. The average Bonchev–Trinajstić information content (AvgIpc) is 2.87. The summed E-state index contributed by atoms with van der Waals surface area (Å²) in [7, 11) is 0. The second-order valence-electron chi connectivity index (χ2n) is 5.85. The number of aryl methyl sites for hydroxylation is 2. The van der Waals surface area contributed by atoms with Crippen molar-refractivity contribution in [3.63, 3.8) is 0 Å². The fourth-order valence-corrected chi connectivity index (χ4v) is 3.56. The van der Waals surface area contributed by atoms with E-state index in [1.165, 1.54) is 0 Å². The van der Waals surface area contributed by atoms with Crippen molar-refractivity contribution < 1.29 is 25.5 Å². The molecule has 1 aromatic rings. The second-order valence-corrected chi connectivity index (χ2v) is 6.62. The minimum atomic E-state index is -1.62. The van der Waals surface area contributed by atoms with Crippen molar-refractivity contribution in [2.45, 2.75) is 50.8 Å². The Morgan fingerprint density at radius 3 is 2.54 bits per heavy atom. The number of anilines is 1. The maximum atomic E-state index is 10.7. The molecule has 0 spiro atoms. The Balaban J connectivity index is 2.33. The summed E-state index contributed by atoms with van der Waals surface area (Å²) in [6, 6.07) is 4.75. The van der Waals surface area contributed by atoms with Crippen molar-refractivity contribution in [1.82, 2.24) is 0 Å². The molecule has 133 valence electrons. The molecule has 0 fully saturated rings. The molecule has 8 heteroatoms. The zero-order valence-electron chi connectivity index (χ0n) is 13.6. The first-order valence-corrected chi connectivity index (χ1v) is 8.64. The number of nitrogens with zero attached hydrogens (tertiary/aromatic N) is 2. The van der Waals surface area contributed by atoms with Gasteiger partial charge in [0, 0.05) is 0 Å². The molecule has 0 amide bonds. The Labute approximate surface area is 149 Å². The molecule has 1 aliphatic rings. The van der Waals surface area contributed by atoms with Gasteiger partial charge in [-0.25, -0.2) is 0 Å². The number of benzene rings is 1. The molecule has 1 aromatic carbocycles. The van der Waals surface area contributed by atoms with E-state index in [0.29, 0.717) is 4.73 Å². The van der Waals surface area contributed by atoms with E-state index in [1.54, 1.807) is 4.90 Å². The molecule has 1 aliphatic heterocycles. The summed E-state index contributed by atoms with van der Waals surface area (Å²) in [6.45, 7) is 3.23. The summed E-state index contributed by atoms with van der Waals surface area (Å²) < 4.78 is 0.390. The fourth-order valence-electron chi connectivity index (χ4n) is 2.89. The van der Waals surface area contributed by atoms with Crippen LogP contribution in [0.4, 0.5) is 5.69 Å². The van der Waals surface area contributed by atoms with Crippen molar-refractivity contribution in [3.8, 4) is 0 Å². The van der Waals surface area contributed by atoms with Crippen molar-refractivity contribution in [2.24, 2.45) is 4.99 Å². The number of rotatable bonds is 6. The van der Waals surface area contributed by atoms with Gasteiger partial charge < -0.3 is 0 Å². The SMILES string of the molecule is CCc1cccc(C)c1N1C([Se])=N[C@H]([C@@H](O)[C@H](O)[C@H](O)CO)C1O. The number of aliphatic hydroxyl groups is 5. The van der Waals surface area contributed by atoms with Crippen molar-refractivity contribution >= 4 is 26.4 Å². The number of amidine groups is 1. The van der Waals surface area contributed by atoms with Crippen LogP contribution in [0, 0.1) is 6.92 Å². The molecule has 1 radical (unpaired) electrons. The van der Waals surface area contributed by atoms with Gasteiger partial charge in [-0.3, -0.25) is 0 Å². The Kier molecular flexibility index (Phi) is 6.39. The molecule has 0 aliphatic carbocycles.